The lowest BCUT2D eigenvalue weighted by molar-refractivity contribution is -0.314. The highest BCUT2D eigenvalue weighted by molar-refractivity contribution is 7.80. The van der Waals surface area contributed by atoms with Crippen LogP contribution in [-0.4, -0.2) is 17.6 Å². The van der Waals surface area contributed by atoms with Crippen LogP contribution in [0.1, 0.15) is 24.0 Å². The average Bonchev–Trinajstić information content (AvgIpc) is 2.49. The van der Waals surface area contributed by atoms with Gasteiger partial charge in [0.2, 0.25) is 0 Å². The van der Waals surface area contributed by atoms with Gasteiger partial charge in [-0.3, -0.25) is 15.6 Å². The van der Waals surface area contributed by atoms with E-state index in [-0.39, 0.29) is 16.6 Å². The summed E-state index contributed by atoms with van der Waals surface area (Å²) in [6.45, 7) is 4.55. The highest BCUT2D eigenvalue weighted by Crippen LogP contribution is 2.19. The minimum Gasteiger partial charge on any atom is -0.860 e. The third-order valence-corrected chi connectivity index (χ3v) is 3.65. The van der Waals surface area contributed by atoms with Crippen molar-refractivity contribution in [1.82, 2.24) is 16.2 Å². The molecule has 6 nitrogen and oxygen atoms in total. The quantitative estimate of drug-likeness (QED) is 0.471. The fraction of sp³-hybridized carbons (Fsp3) is 0.333. The molecule has 0 fully saturated rings. The molecule has 0 bridgehead atoms. The number of aryl methyl sites for hydroxylation is 2. The number of benzene rings is 1. The van der Waals surface area contributed by atoms with E-state index in [0.29, 0.717) is 13.0 Å². The van der Waals surface area contributed by atoms with Crippen LogP contribution >= 0.6 is 12.2 Å². The Kier molecular flexibility index (Phi) is 5.21. The number of hydrazine groups is 1. The van der Waals surface area contributed by atoms with Crippen LogP contribution in [0.15, 0.2) is 29.7 Å². The Bertz CT molecular complexity index is 608. The fourth-order valence-corrected chi connectivity index (χ4v) is 2.40. The molecule has 22 heavy (non-hydrogen) atoms. The number of hydrogen-bond donors (Lipinski definition) is 4. The van der Waals surface area contributed by atoms with Crippen molar-refractivity contribution in [2.75, 3.05) is 11.9 Å². The van der Waals surface area contributed by atoms with Crippen molar-refractivity contribution in [2.45, 2.75) is 26.7 Å². The lowest BCUT2D eigenvalue weighted by Crippen LogP contribution is -2.46. The van der Waals surface area contributed by atoms with Gasteiger partial charge in [0.25, 0.3) is 5.91 Å². The van der Waals surface area contributed by atoms with Crippen LogP contribution in [0.25, 0.3) is 0 Å². The molecule has 4 N–H and O–H groups in total. The lowest BCUT2D eigenvalue weighted by atomic mass is 10.1. The Hall–Kier alpha value is -2.28. The molecule has 2 rings (SSSR count). The van der Waals surface area contributed by atoms with Gasteiger partial charge in [-0.15, -0.1) is 0 Å². The summed E-state index contributed by atoms with van der Waals surface area (Å²) in [4.78, 5) is 11.9. The SMILES string of the molecule is Cc1cccc(C)c1NC(=S)NNC(=O)C1=C([O-])NCCC1. The molecule has 0 saturated carbocycles. The minimum absolute atomic E-state index is 0.216. The van der Waals surface area contributed by atoms with Crippen molar-refractivity contribution < 1.29 is 9.90 Å². The first-order valence-corrected chi connectivity index (χ1v) is 7.47. The summed E-state index contributed by atoms with van der Waals surface area (Å²) in [6, 6.07) is 5.91. The second-order valence-corrected chi connectivity index (χ2v) is 5.55. The predicted octanol–water partition coefficient (Wildman–Crippen LogP) is 0.576. The molecule has 1 heterocycles. The van der Waals surface area contributed by atoms with E-state index >= 15 is 0 Å². The van der Waals surface area contributed by atoms with Gasteiger partial charge in [-0.25, -0.2) is 0 Å². The normalized spacial score (nSPS) is 14.1. The molecular formula is C15H19N4O2S-. The monoisotopic (exact) mass is 319 g/mol. The first kappa shape index (κ1) is 16.1. The number of para-hydroxylation sites is 1. The number of carbonyl (C=O) groups excluding carboxylic acids is 1. The largest absolute Gasteiger partial charge is 0.860 e. The van der Waals surface area contributed by atoms with E-state index in [2.05, 4.69) is 21.5 Å². The molecule has 1 aliphatic heterocycles. The van der Waals surface area contributed by atoms with Crippen LogP contribution in [0, 0.1) is 13.8 Å². The molecule has 7 heteroatoms. The molecule has 0 aromatic heterocycles. The summed E-state index contributed by atoms with van der Waals surface area (Å²) in [7, 11) is 0. The molecule has 0 saturated heterocycles. The van der Waals surface area contributed by atoms with Crippen LogP contribution in [0.5, 0.6) is 0 Å². The predicted molar refractivity (Wildman–Crippen MR) is 87.7 cm³/mol. The first-order chi connectivity index (χ1) is 10.5. The summed E-state index contributed by atoms with van der Waals surface area (Å²) in [5.41, 5.74) is 8.30. The number of carbonyl (C=O) groups is 1. The zero-order valence-electron chi connectivity index (χ0n) is 12.6. The second kappa shape index (κ2) is 7.13. The first-order valence-electron chi connectivity index (χ1n) is 7.06. The Morgan fingerprint density at radius 2 is 1.95 bits per heavy atom. The van der Waals surface area contributed by atoms with Crippen LogP contribution < -0.4 is 26.6 Å². The number of hydrogen-bond acceptors (Lipinski definition) is 4. The third kappa shape index (κ3) is 3.88. The molecular weight excluding hydrogens is 300 g/mol. The Balaban J connectivity index is 1.92. The van der Waals surface area contributed by atoms with Crippen molar-refractivity contribution >= 4 is 28.9 Å². The summed E-state index contributed by atoms with van der Waals surface area (Å²) in [5.74, 6) is -0.776. The molecule has 118 valence electrons. The van der Waals surface area contributed by atoms with Crippen LogP contribution in [0.3, 0.4) is 0 Å². The van der Waals surface area contributed by atoms with Gasteiger partial charge in [-0.05, 0) is 55.9 Å². The molecule has 1 aromatic carbocycles. The Morgan fingerprint density at radius 3 is 2.59 bits per heavy atom. The summed E-state index contributed by atoms with van der Waals surface area (Å²) >= 11 is 5.16. The maximum atomic E-state index is 11.9. The van der Waals surface area contributed by atoms with Crippen LogP contribution in [-0.2, 0) is 4.79 Å². The minimum atomic E-state index is -0.456. The second-order valence-electron chi connectivity index (χ2n) is 5.14. The topological polar surface area (TPSA) is 88.2 Å². The van der Waals surface area contributed by atoms with Crippen molar-refractivity contribution in [3.63, 3.8) is 0 Å². The van der Waals surface area contributed by atoms with Gasteiger partial charge in [0.05, 0.1) is 0 Å². The molecule has 1 amide bonds. The Morgan fingerprint density at radius 1 is 1.27 bits per heavy atom. The maximum Gasteiger partial charge on any atom is 0.266 e. The third-order valence-electron chi connectivity index (χ3n) is 3.45. The van der Waals surface area contributed by atoms with Gasteiger partial charge in [-0.2, -0.15) is 0 Å². The Labute approximate surface area is 135 Å². The molecule has 0 aliphatic carbocycles. The van der Waals surface area contributed by atoms with E-state index < -0.39 is 5.91 Å². The van der Waals surface area contributed by atoms with Gasteiger partial charge in [0.15, 0.2) is 5.11 Å². The summed E-state index contributed by atoms with van der Waals surface area (Å²) in [5, 5.41) is 17.5. The van der Waals surface area contributed by atoms with E-state index in [1.807, 2.05) is 32.0 Å². The summed E-state index contributed by atoms with van der Waals surface area (Å²) in [6.07, 6.45) is 1.23. The van der Waals surface area contributed by atoms with Crippen LogP contribution in [0.2, 0.25) is 0 Å². The zero-order valence-corrected chi connectivity index (χ0v) is 13.4. The number of nitrogens with one attached hydrogen (secondary N) is 4. The van der Waals surface area contributed by atoms with Crippen molar-refractivity contribution in [3.05, 3.63) is 40.8 Å². The number of rotatable bonds is 2. The maximum absolute atomic E-state index is 11.9. The van der Waals surface area contributed by atoms with E-state index in [1.54, 1.807) is 0 Å². The fourth-order valence-electron chi connectivity index (χ4n) is 2.25. The van der Waals surface area contributed by atoms with E-state index in [9.17, 15) is 9.90 Å². The van der Waals surface area contributed by atoms with Crippen molar-refractivity contribution in [1.29, 1.82) is 0 Å². The van der Waals surface area contributed by atoms with Crippen LogP contribution in [0.4, 0.5) is 5.69 Å². The average molecular weight is 319 g/mol. The number of anilines is 1. The molecule has 0 radical (unpaired) electrons. The van der Waals surface area contributed by atoms with Gasteiger partial charge < -0.3 is 15.7 Å². The molecule has 0 atom stereocenters. The zero-order chi connectivity index (χ0) is 16.1. The summed E-state index contributed by atoms with van der Waals surface area (Å²) < 4.78 is 0. The molecule has 1 aromatic rings. The van der Waals surface area contributed by atoms with E-state index in [4.69, 9.17) is 12.2 Å². The molecule has 1 aliphatic rings. The van der Waals surface area contributed by atoms with E-state index in [1.165, 1.54) is 0 Å². The number of thiocarbonyl (C=S) groups is 1. The van der Waals surface area contributed by atoms with Gasteiger partial charge in [0.1, 0.15) is 0 Å². The highest BCUT2D eigenvalue weighted by atomic mass is 32.1. The highest BCUT2D eigenvalue weighted by Gasteiger charge is 2.14. The smallest absolute Gasteiger partial charge is 0.266 e. The standard InChI is InChI=1S/C15H20N4O2S/c1-9-5-3-6-10(2)12(9)17-15(22)19-18-14(21)11-7-4-8-16-13(11)20/h3,5-6,16,20H,4,7-8H2,1-2H3,(H,18,21)(H2,17,19,22)/p-1. The number of amides is 1. The van der Waals surface area contributed by atoms with Gasteiger partial charge >= 0.3 is 0 Å². The van der Waals surface area contributed by atoms with Crippen molar-refractivity contribution in [2.24, 2.45) is 0 Å². The van der Waals surface area contributed by atoms with E-state index in [0.717, 1.165) is 23.2 Å². The molecule has 0 spiro atoms. The molecule has 0 unspecified atom stereocenters. The van der Waals surface area contributed by atoms with Gasteiger partial charge in [0, 0.05) is 17.8 Å². The van der Waals surface area contributed by atoms with Gasteiger partial charge in [-0.1, -0.05) is 18.2 Å². The van der Waals surface area contributed by atoms with Crippen molar-refractivity contribution in [3.8, 4) is 0 Å². The lowest BCUT2D eigenvalue weighted by Gasteiger charge is -2.25.